The van der Waals surface area contributed by atoms with E-state index in [-0.39, 0.29) is 24.0 Å². The van der Waals surface area contributed by atoms with E-state index in [9.17, 15) is 0 Å². The molecule has 0 unspecified atom stereocenters. The Balaban J connectivity index is 0.00000180. The molecule has 19 heavy (non-hydrogen) atoms. The van der Waals surface area contributed by atoms with Crippen molar-refractivity contribution in [2.75, 3.05) is 6.54 Å². The van der Waals surface area contributed by atoms with E-state index in [0.717, 1.165) is 35.7 Å². The van der Waals surface area contributed by atoms with E-state index in [4.69, 9.17) is 0 Å². The summed E-state index contributed by atoms with van der Waals surface area (Å²) in [5.74, 6) is 0.913. The van der Waals surface area contributed by atoms with E-state index in [1.54, 1.807) is 11.3 Å². The molecule has 2 N–H and O–H groups in total. The first-order chi connectivity index (χ1) is 8.78. The van der Waals surface area contributed by atoms with Crippen molar-refractivity contribution in [3.63, 3.8) is 0 Å². The minimum Gasteiger partial charge on any atom is -0.357 e. The average Bonchev–Trinajstić information content (AvgIpc) is 2.98. The number of halogens is 2. The molecule has 1 heterocycles. The molecule has 106 valence electrons. The van der Waals surface area contributed by atoms with E-state index in [2.05, 4.69) is 62.8 Å². The van der Waals surface area contributed by atoms with Crippen LogP contribution in [0.3, 0.4) is 0 Å². The highest BCUT2D eigenvalue weighted by molar-refractivity contribution is 14.0. The third-order valence-corrected chi connectivity index (χ3v) is 4.32. The average molecular weight is 456 g/mol. The van der Waals surface area contributed by atoms with Crippen molar-refractivity contribution in [3.8, 4) is 0 Å². The lowest BCUT2D eigenvalue weighted by molar-refractivity contribution is 0.633. The van der Waals surface area contributed by atoms with Gasteiger partial charge in [-0.3, -0.25) is 0 Å². The van der Waals surface area contributed by atoms with Crippen molar-refractivity contribution in [1.82, 2.24) is 10.6 Å². The highest BCUT2D eigenvalue weighted by Crippen LogP contribution is 2.22. The zero-order valence-corrected chi connectivity index (χ0v) is 15.6. The molecular formula is C13H19BrIN3S. The summed E-state index contributed by atoms with van der Waals surface area (Å²) < 4.78 is 1.16. The first kappa shape index (κ1) is 17.0. The molecule has 0 aromatic carbocycles. The quantitative estimate of drug-likeness (QED) is 0.312. The SMILES string of the molecule is CCNC(=NCc1ccc(Br)s1)NC1CC=CC1.I. The van der Waals surface area contributed by atoms with Gasteiger partial charge in [0.15, 0.2) is 5.96 Å². The fraction of sp³-hybridized carbons (Fsp3) is 0.462. The molecule has 0 saturated carbocycles. The minimum absolute atomic E-state index is 0. The molecule has 1 aliphatic rings. The summed E-state index contributed by atoms with van der Waals surface area (Å²) in [5.41, 5.74) is 0. The first-order valence-corrected chi connectivity index (χ1v) is 7.83. The van der Waals surface area contributed by atoms with E-state index >= 15 is 0 Å². The summed E-state index contributed by atoms with van der Waals surface area (Å²) in [6, 6.07) is 4.67. The van der Waals surface area contributed by atoms with Crippen molar-refractivity contribution in [2.24, 2.45) is 4.99 Å². The molecule has 1 aromatic rings. The zero-order valence-electron chi connectivity index (χ0n) is 10.9. The summed E-state index contributed by atoms with van der Waals surface area (Å²) >= 11 is 5.20. The second kappa shape index (κ2) is 8.97. The third-order valence-electron chi connectivity index (χ3n) is 2.71. The maximum absolute atomic E-state index is 4.62. The van der Waals surface area contributed by atoms with E-state index in [1.807, 2.05) is 0 Å². The Kier molecular flexibility index (Phi) is 8.01. The van der Waals surface area contributed by atoms with Crippen LogP contribution in [0.2, 0.25) is 0 Å². The fourth-order valence-electron chi connectivity index (χ4n) is 1.84. The molecule has 0 radical (unpaired) electrons. The Morgan fingerprint density at radius 1 is 1.42 bits per heavy atom. The normalized spacial score (nSPS) is 15.4. The lowest BCUT2D eigenvalue weighted by Gasteiger charge is -2.16. The van der Waals surface area contributed by atoms with Gasteiger partial charge in [0.25, 0.3) is 0 Å². The largest absolute Gasteiger partial charge is 0.357 e. The van der Waals surface area contributed by atoms with Gasteiger partial charge in [-0.25, -0.2) is 4.99 Å². The van der Waals surface area contributed by atoms with Crippen LogP contribution in [0.25, 0.3) is 0 Å². The molecule has 2 rings (SSSR count). The van der Waals surface area contributed by atoms with Crippen LogP contribution in [0.4, 0.5) is 0 Å². The summed E-state index contributed by atoms with van der Waals surface area (Å²) in [4.78, 5) is 5.88. The number of guanidine groups is 1. The number of thiophene rings is 1. The molecular weight excluding hydrogens is 437 g/mol. The molecule has 0 fully saturated rings. The third kappa shape index (κ3) is 5.83. The van der Waals surface area contributed by atoms with Gasteiger partial charge in [0.05, 0.1) is 10.3 Å². The molecule has 0 atom stereocenters. The van der Waals surface area contributed by atoms with Gasteiger partial charge in [0.1, 0.15) is 0 Å². The smallest absolute Gasteiger partial charge is 0.191 e. The highest BCUT2D eigenvalue weighted by atomic mass is 127. The molecule has 6 heteroatoms. The van der Waals surface area contributed by atoms with E-state index in [1.165, 1.54) is 4.88 Å². The first-order valence-electron chi connectivity index (χ1n) is 6.22. The Labute approximate surface area is 144 Å². The lowest BCUT2D eigenvalue weighted by atomic mass is 10.2. The molecule has 0 amide bonds. The Bertz CT molecular complexity index is 437. The van der Waals surface area contributed by atoms with Crippen molar-refractivity contribution in [1.29, 1.82) is 0 Å². The zero-order chi connectivity index (χ0) is 12.8. The van der Waals surface area contributed by atoms with Gasteiger partial charge in [-0.1, -0.05) is 12.2 Å². The van der Waals surface area contributed by atoms with Crippen molar-refractivity contribution in [2.45, 2.75) is 32.4 Å². The number of hydrogen-bond donors (Lipinski definition) is 2. The fourth-order valence-corrected chi connectivity index (χ4v) is 3.25. The lowest BCUT2D eigenvalue weighted by Crippen LogP contribution is -2.42. The maximum Gasteiger partial charge on any atom is 0.191 e. The van der Waals surface area contributed by atoms with Crippen LogP contribution in [0.1, 0.15) is 24.6 Å². The number of nitrogens with zero attached hydrogens (tertiary/aromatic N) is 1. The van der Waals surface area contributed by atoms with E-state index < -0.39 is 0 Å². The number of hydrogen-bond acceptors (Lipinski definition) is 2. The van der Waals surface area contributed by atoms with Gasteiger partial charge in [-0.15, -0.1) is 35.3 Å². The molecule has 0 saturated heterocycles. The van der Waals surface area contributed by atoms with Gasteiger partial charge in [-0.2, -0.15) is 0 Å². The van der Waals surface area contributed by atoms with Crippen LogP contribution >= 0.6 is 51.2 Å². The highest BCUT2D eigenvalue weighted by Gasteiger charge is 2.11. The second-order valence-corrected chi connectivity index (χ2v) is 6.73. The summed E-state index contributed by atoms with van der Waals surface area (Å²) in [6.07, 6.45) is 6.62. The number of nitrogens with one attached hydrogen (secondary N) is 2. The summed E-state index contributed by atoms with van der Waals surface area (Å²) in [7, 11) is 0. The van der Waals surface area contributed by atoms with Crippen LogP contribution < -0.4 is 10.6 Å². The van der Waals surface area contributed by atoms with Gasteiger partial charge in [-0.05, 0) is 47.8 Å². The van der Waals surface area contributed by atoms with Crippen LogP contribution in [-0.4, -0.2) is 18.5 Å². The van der Waals surface area contributed by atoms with Crippen molar-refractivity contribution >= 4 is 57.2 Å². The van der Waals surface area contributed by atoms with Crippen LogP contribution in [0, 0.1) is 0 Å². The van der Waals surface area contributed by atoms with Gasteiger partial charge in [0, 0.05) is 17.5 Å². The Hall–Kier alpha value is -0.0800. The van der Waals surface area contributed by atoms with Gasteiger partial charge in [0.2, 0.25) is 0 Å². The molecule has 1 aromatic heterocycles. The predicted molar refractivity (Wildman–Crippen MR) is 97.5 cm³/mol. The maximum atomic E-state index is 4.62. The molecule has 3 nitrogen and oxygen atoms in total. The van der Waals surface area contributed by atoms with Crippen LogP contribution in [0.15, 0.2) is 33.1 Å². The Morgan fingerprint density at radius 3 is 2.74 bits per heavy atom. The number of aliphatic imine (C=N–C) groups is 1. The molecule has 0 bridgehead atoms. The van der Waals surface area contributed by atoms with Gasteiger partial charge >= 0.3 is 0 Å². The predicted octanol–water partition coefficient (Wildman–Crippen LogP) is 3.90. The summed E-state index contributed by atoms with van der Waals surface area (Å²) in [6.45, 7) is 3.71. The van der Waals surface area contributed by atoms with Crippen LogP contribution in [-0.2, 0) is 6.54 Å². The molecule has 0 spiro atoms. The Morgan fingerprint density at radius 2 is 2.16 bits per heavy atom. The monoisotopic (exact) mass is 455 g/mol. The van der Waals surface area contributed by atoms with Gasteiger partial charge < -0.3 is 10.6 Å². The standard InChI is InChI=1S/C13H18BrN3S.HI/c1-2-15-13(17-10-5-3-4-6-10)16-9-11-7-8-12(14)18-11;/h3-4,7-8,10H,2,5-6,9H2,1H3,(H2,15,16,17);1H. The molecule has 0 aliphatic heterocycles. The molecule has 1 aliphatic carbocycles. The summed E-state index contributed by atoms with van der Waals surface area (Å²) in [5, 5.41) is 6.75. The topological polar surface area (TPSA) is 36.4 Å². The van der Waals surface area contributed by atoms with Crippen molar-refractivity contribution in [3.05, 3.63) is 32.9 Å². The number of rotatable bonds is 4. The minimum atomic E-state index is 0. The second-order valence-electron chi connectivity index (χ2n) is 4.19. The van der Waals surface area contributed by atoms with Crippen molar-refractivity contribution < 1.29 is 0 Å². The van der Waals surface area contributed by atoms with Crippen LogP contribution in [0.5, 0.6) is 0 Å². The van der Waals surface area contributed by atoms with E-state index in [0.29, 0.717) is 6.04 Å².